The molecule has 0 aliphatic rings. The molecular formula is C14H14NO5PS. The maximum Gasteiger partial charge on any atom is 0.418 e. The summed E-state index contributed by atoms with van der Waals surface area (Å²) in [5.74, 6) is 0. The van der Waals surface area contributed by atoms with Crippen LogP contribution in [-0.2, 0) is 14.6 Å². The summed E-state index contributed by atoms with van der Waals surface area (Å²) in [4.78, 5) is 10.6. The highest BCUT2D eigenvalue weighted by Gasteiger charge is 2.34. The van der Waals surface area contributed by atoms with Crippen molar-refractivity contribution in [2.75, 3.05) is 5.49 Å². The van der Waals surface area contributed by atoms with Crippen LogP contribution in [0.4, 0.5) is 4.79 Å². The minimum atomic E-state index is -4.25. The summed E-state index contributed by atoms with van der Waals surface area (Å²) in [7, 11) is -7.76. The van der Waals surface area contributed by atoms with Crippen LogP contribution in [0.2, 0.25) is 0 Å². The molecule has 2 rings (SSSR count). The molecule has 0 bridgehead atoms. The molecule has 0 fully saturated rings. The molecular weight excluding hydrogens is 325 g/mol. The molecule has 0 aliphatic carbocycles. The van der Waals surface area contributed by atoms with Crippen LogP contribution < -0.4 is 15.3 Å². The summed E-state index contributed by atoms with van der Waals surface area (Å²) in [5.41, 5.74) is -0.805. The van der Waals surface area contributed by atoms with Crippen molar-refractivity contribution in [2.45, 2.75) is 0 Å². The van der Waals surface area contributed by atoms with Crippen LogP contribution in [-0.4, -0.2) is 25.1 Å². The van der Waals surface area contributed by atoms with Crippen LogP contribution in [0.15, 0.2) is 60.7 Å². The number of carboxylic acid groups (broad SMARTS) is 1. The first-order chi connectivity index (χ1) is 10.3. The van der Waals surface area contributed by atoms with Crippen molar-refractivity contribution in [2.24, 2.45) is 0 Å². The van der Waals surface area contributed by atoms with Crippen LogP contribution in [0.3, 0.4) is 0 Å². The molecule has 0 aliphatic heterocycles. The number of benzene rings is 2. The number of carbonyl (C=O) groups is 1. The van der Waals surface area contributed by atoms with Crippen molar-refractivity contribution in [1.82, 2.24) is 4.72 Å². The molecule has 0 saturated carbocycles. The van der Waals surface area contributed by atoms with Crippen molar-refractivity contribution < 1.29 is 22.9 Å². The molecule has 0 atom stereocenters. The lowest BCUT2D eigenvalue weighted by molar-refractivity contribution is 0.201. The van der Waals surface area contributed by atoms with Gasteiger partial charge in [0.1, 0.15) is 5.49 Å². The van der Waals surface area contributed by atoms with E-state index in [9.17, 15) is 17.8 Å². The number of sulfonamides is 1. The molecule has 1 amide bonds. The highest BCUT2D eigenvalue weighted by molar-refractivity contribution is 8.01. The van der Waals surface area contributed by atoms with Gasteiger partial charge in [0.2, 0.25) is 10.0 Å². The quantitative estimate of drug-likeness (QED) is 0.805. The molecule has 8 heteroatoms. The third kappa shape index (κ3) is 3.75. The minimum absolute atomic E-state index is 0.358. The Bertz CT molecular complexity index is 762. The monoisotopic (exact) mass is 339 g/mol. The van der Waals surface area contributed by atoms with E-state index in [1.54, 1.807) is 60.7 Å². The minimum Gasteiger partial charge on any atom is -0.464 e. The van der Waals surface area contributed by atoms with Crippen LogP contribution in [0, 0.1) is 0 Å². The second-order valence-electron chi connectivity index (χ2n) is 4.56. The Balaban J connectivity index is 2.53. The zero-order valence-corrected chi connectivity index (χ0v) is 13.1. The number of rotatable bonds is 5. The molecule has 22 heavy (non-hydrogen) atoms. The Morgan fingerprint density at radius 3 is 1.73 bits per heavy atom. The Kier molecular flexibility index (Phi) is 4.68. The van der Waals surface area contributed by atoms with Gasteiger partial charge >= 0.3 is 6.09 Å². The van der Waals surface area contributed by atoms with Gasteiger partial charge < -0.3 is 9.67 Å². The summed E-state index contributed by atoms with van der Waals surface area (Å²) in [6.07, 6.45) is -1.70. The van der Waals surface area contributed by atoms with Crippen molar-refractivity contribution in [3.63, 3.8) is 0 Å². The average molecular weight is 339 g/mol. The molecule has 2 aromatic carbocycles. The summed E-state index contributed by atoms with van der Waals surface area (Å²) < 4.78 is 38.7. The number of hydrogen-bond acceptors (Lipinski definition) is 4. The SMILES string of the molecule is O=C(O)NS(=O)(=O)CP(=O)(c1ccccc1)c1ccccc1. The maximum atomic E-state index is 13.4. The van der Waals surface area contributed by atoms with E-state index in [0.717, 1.165) is 0 Å². The summed E-state index contributed by atoms with van der Waals surface area (Å²) in [6, 6.07) is 16.4. The van der Waals surface area contributed by atoms with Gasteiger partial charge in [0.05, 0.1) is 0 Å². The topological polar surface area (TPSA) is 101 Å². The van der Waals surface area contributed by atoms with Gasteiger partial charge in [-0.1, -0.05) is 60.7 Å². The highest BCUT2D eigenvalue weighted by Crippen LogP contribution is 2.44. The van der Waals surface area contributed by atoms with Gasteiger partial charge in [-0.05, 0) is 0 Å². The zero-order valence-electron chi connectivity index (χ0n) is 11.4. The Hall–Kier alpha value is -2.11. The first-order valence-electron chi connectivity index (χ1n) is 6.27. The van der Waals surface area contributed by atoms with E-state index in [1.165, 1.54) is 4.72 Å². The van der Waals surface area contributed by atoms with Crippen molar-refractivity contribution in [3.05, 3.63) is 60.7 Å². The van der Waals surface area contributed by atoms with Gasteiger partial charge in [0.25, 0.3) is 0 Å². The average Bonchev–Trinajstić information content (AvgIpc) is 2.47. The molecule has 0 radical (unpaired) electrons. The van der Waals surface area contributed by atoms with Gasteiger partial charge in [-0.2, -0.15) is 0 Å². The van der Waals surface area contributed by atoms with E-state index in [4.69, 9.17) is 5.11 Å². The Labute approximate surface area is 128 Å². The molecule has 2 N–H and O–H groups in total. The fourth-order valence-electron chi connectivity index (χ4n) is 2.04. The lowest BCUT2D eigenvalue weighted by atomic mass is 10.4. The third-order valence-electron chi connectivity index (χ3n) is 2.94. The predicted octanol–water partition coefficient (Wildman–Crippen LogP) is 1.56. The first-order valence-corrected chi connectivity index (χ1v) is 9.82. The molecule has 6 nitrogen and oxygen atoms in total. The number of hydrogen-bond donors (Lipinski definition) is 2. The highest BCUT2D eigenvalue weighted by atomic mass is 32.2. The summed E-state index contributed by atoms with van der Waals surface area (Å²) in [5, 5.41) is 9.32. The van der Waals surface area contributed by atoms with E-state index in [-0.39, 0.29) is 0 Å². The van der Waals surface area contributed by atoms with Gasteiger partial charge in [-0.25, -0.2) is 17.9 Å². The third-order valence-corrected chi connectivity index (χ3v) is 8.51. The zero-order chi connectivity index (χ0) is 16.2. The van der Waals surface area contributed by atoms with E-state index in [0.29, 0.717) is 10.6 Å². The molecule has 0 aromatic heterocycles. The predicted molar refractivity (Wildman–Crippen MR) is 84.7 cm³/mol. The fraction of sp³-hybridized carbons (Fsp3) is 0.0714. The van der Waals surface area contributed by atoms with E-state index in [2.05, 4.69) is 0 Å². The standard InChI is InChI=1S/C14H14NO5PS/c16-14(17)15-22(19,20)11-21(18,12-7-3-1-4-8-12)13-9-5-2-6-10-13/h1-10,15H,11H2,(H,16,17). The van der Waals surface area contributed by atoms with E-state index < -0.39 is 28.8 Å². The first kappa shape index (κ1) is 16.3. The lowest BCUT2D eigenvalue weighted by Crippen LogP contribution is -2.34. The molecule has 0 saturated heterocycles. The second kappa shape index (κ2) is 6.34. The molecule has 116 valence electrons. The Morgan fingerprint density at radius 1 is 0.955 bits per heavy atom. The molecule has 0 heterocycles. The van der Waals surface area contributed by atoms with Crippen molar-refractivity contribution >= 4 is 33.9 Å². The molecule has 0 unspecified atom stereocenters. The normalized spacial score (nSPS) is 11.8. The number of nitrogens with one attached hydrogen (secondary N) is 1. The summed E-state index contributed by atoms with van der Waals surface area (Å²) >= 11 is 0. The maximum absolute atomic E-state index is 13.4. The largest absolute Gasteiger partial charge is 0.464 e. The van der Waals surface area contributed by atoms with Crippen LogP contribution in [0.5, 0.6) is 0 Å². The van der Waals surface area contributed by atoms with Crippen LogP contribution in [0.25, 0.3) is 0 Å². The van der Waals surface area contributed by atoms with Gasteiger partial charge in [0, 0.05) is 10.6 Å². The lowest BCUT2D eigenvalue weighted by Gasteiger charge is -2.19. The van der Waals surface area contributed by atoms with E-state index >= 15 is 0 Å². The van der Waals surface area contributed by atoms with Crippen molar-refractivity contribution in [3.8, 4) is 0 Å². The molecule has 0 spiro atoms. The molecule has 2 aromatic rings. The van der Waals surface area contributed by atoms with Gasteiger partial charge in [0.15, 0.2) is 7.14 Å². The van der Waals surface area contributed by atoms with Gasteiger partial charge in [-0.15, -0.1) is 0 Å². The van der Waals surface area contributed by atoms with Crippen LogP contribution >= 0.6 is 7.14 Å². The van der Waals surface area contributed by atoms with Crippen LogP contribution in [0.1, 0.15) is 0 Å². The fourth-order valence-corrected chi connectivity index (χ4v) is 7.28. The van der Waals surface area contributed by atoms with E-state index in [1.807, 2.05) is 0 Å². The Morgan fingerprint density at radius 2 is 1.36 bits per heavy atom. The van der Waals surface area contributed by atoms with Crippen molar-refractivity contribution in [1.29, 1.82) is 0 Å². The summed E-state index contributed by atoms with van der Waals surface area (Å²) in [6.45, 7) is 0. The second-order valence-corrected chi connectivity index (χ2v) is 9.54. The smallest absolute Gasteiger partial charge is 0.418 e. The van der Waals surface area contributed by atoms with Gasteiger partial charge in [-0.3, -0.25) is 0 Å². The number of amides is 1.